The van der Waals surface area contributed by atoms with Gasteiger partial charge in [-0.3, -0.25) is 0 Å². The highest BCUT2D eigenvalue weighted by molar-refractivity contribution is 5.74. The maximum absolute atomic E-state index is 4.72. The highest BCUT2D eigenvalue weighted by Gasteiger charge is 2.08. The third-order valence-corrected chi connectivity index (χ3v) is 5.85. The molecular formula is C30H26N4. The average Bonchev–Trinajstić information content (AvgIpc) is 2.88. The molecule has 34 heavy (non-hydrogen) atoms. The third kappa shape index (κ3) is 4.81. The second kappa shape index (κ2) is 9.59. The zero-order valence-corrected chi connectivity index (χ0v) is 19.3. The van der Waals surface area contributed by atoms with Gasteiger partial charge in [0.1, 0.15) is 5.82 Å². The molecule has 0 spiro atoms. The van der Waals surface area contributed by atoms with Crippen LogP contribution in [0.2, 0.25) is 0 Å². The lowest BCUT2D eigenvalue weighted by Gasteiger charge is -2.14. The fraction of sp³-hybridized carbons (Fsp3) is 0.0667. The van der Waals surface area contributed by atoms with Gasteiger partial charge >= 0.3 is 0 Å². The Morgan fingerprint density at radius 1 is 0.529 bits per heavy atom. The van der Waals surface area contributed by atoms with Crippen molar-refractivity contribution in [3.63, 3.8) is 0 Å². The first kappa shape index (κ1) is 21.4. The summed E-state index contributed by atoms with van der Waals surface area (Å²) in [6.45, 7) is 4.17. The molecule has 0 radical (unpaired) electrons. The van der Waals surface area contributed by atoms with Gasteiger partial charge in [0.2, 0.25) is 5.95 Å². The molecule has 0 saturated heterocycles. The Kier molecular flexibility index (Phi) is 6.04. The van der Waals surface area contributed by atoms with Gasteiger partial charge in [-0.05, 0) is 65.4 Å². The number of aromatic nitrogens is 2. The van der Waals surface area contributed by atoms with E-state index < -0.39 is 0 Å². The summed E-state index contributed by atoms with van der Waals surface area (Å²) >= 11 is 0. The zero-order valence-electron chi connectivity index (χ0n) is 19.3. The molecule has 0 aliphatic heterocycles. The Labute approximate surface area is 200 Å². The van der Waals surface area contributed by atoms with E-state index in [0.717, 1.165) is 39.4 Å². The molecule has 0 saturated carbocycles. The summed E-state index contributed by atoms with van der Waals surface area (Å²) in [5, 5.41) is 6.87. The summed E-state index contributed by atoms with van der Waals surface area (Å²) in [7, 11) is 0. The van der Waals surface area contributed by atoms with Crippen molar-refractivity contribution in [3.05, 3.63) is 120 Å². The van der Waals surface area contributed by atoms with Crippen LogP contribution in [0, 0.1) is 13.8 Å². The molecule has 5 aromatic rings. The number of hydrogen-bond donors (Lipinski definition) is 2. The molecule has 0 aliphatic rings. The molecule has 0 unspecified atom stereocenters. The van der Waals surface area contributed by atoms with Crippen molar-refractivity contribution in [2.24, 2.45) is 0 Å². The minimum absolute atomic E-state index is 0.551. The lowest BCUT2D eigenvalue weighted by Crippen LogP contribution is -2.02. The summed E-state index contributed by atoms with van der Waals surface area (Å²) < 4.78 is 0. The molecule has 0 fully saturated rings. The molecule has 1 heterocycles. The SMILES string of the molecule is Cc1ccc(-c2ccccc2)cc1Nc1ccnc(Nc2cc(-c3ccccc3)ccc2C)n1. The van der Waals surface area contributed by atoms with Crippen LogP contribution in [0.5, 0.6) is 0 Å². The van der Waals surface area contributed by atoms with Crippen LogP contribution in [0.15, 0.2) is 109 Å². The van der Waals surface area contributed by atoms with Crippen molar-refractivity contribution in [2.75, 3.05) is 10.6 Å². The zero-order chi connectivity index (χ0) is 23.3. The van der Waals surface area contributed by atoms with Crippen molar-refractivity contribution < 1.29 is 0 Å². The van der Waals surface area contributed by atoms with Gasteiger partial charge in [0, 0.05) is 17.6 Å². The van der Waals surface area contributed by atoms with Gasteiger partial charge in [0.05, 0.1) is 0 Å². The minimum Gasteiger partial charge on any atom is -0.340 e. The van der Waals surface area contributed by atoms with Gasteiger partial charge in [-0.2, -0.15) is 4.98 Å². The lowest BCUT2D eigenvalue weighted by molar-refractivity contribution is 1.16. The fourth-order valence-corrected chi connectivity index (χ4v) is 3.88. The van der Waals surface area contributed by atoms with Crippen LogP contribution in [0.4, 0.5) is 23.1 Å². The Morgan fingerprint density at radius 3 is 1.62 bits per heavy atom. The molecule has 166 valence electrons. The maximum Gasteiger partial charge on any atom is 0.229 e. The van der Waals surface area contributed by atoms with Gasteiger partial charge in [-0.25, -0.2) is 4.98 Å². The number of rotatable bonds is 6. The first-order chi connectivity index (χ1) is 16.7. The van der Waals surface area contributed by atoms with Crippen molar-refractivity contribution in [2.45, 2.75) is 13.8 Å². The Balaban J connectivity index is 1.39. The molecule has 0 aliphatic carbocycles. The van der Waals surface area contributed by atoms with Crippen molar-refractivity contribution in [1.82, 2.24) is 9.97 Å². The van der Waals surface area contributed by atoms with Gasteiger partial charge < -0.3 is 10.6 Å². The van der Waals surface area contributed by atoms with Gasteiger partial charge in [-0.1, -0.05) is 84.9 Å². The van der Waals surface area contributed by atoms with Crippen LogP contribution in [0.1, 0.15) is 11.1 Å². The van der Waals surface area contributed by atoms with E-state index in [-0.39, 0.29) is 0 Å². The summed E-state index contributed by atoms with van der Waals surface area (Å²) in [6, 6.07) is 35.4. The first-order valence-corrected chi connectivity index (χ1v) is 11.3. The van der Waals surface area contributed by atoms with Crippen molar-refractivity contribution in [1.29, 1.82) is 0 Å². The third-order valence-electron chi connectivity index (χ3n) is 5.85. The smallest absolute Gasteiger partial charge is 0.229 e. The number of nitrogens with zero attached hydrogens (tertiary/aromatic N) is 2. The quantitative estimate of drug-likeness (QED) is 0.280. The van der Waals surface area contributed by atoms with Crippen LogP contribution in [-0.2, 0) is 0 Å². The first-order valence-electron chi connectivity index (χ1n) is 11.3. The minimum atomic E-state index is 0.551. The summed E-state index contributed by atoms with van der Waals surface area (Å²) in [5.74, 6) is 1.29. The van der Waals surface area contributed by atoms with Crippen molar-refractivity contribution >= 4 is 23.1 Å². The van der Waals surface area contributed by atoms with Gasteiger partial charge in [0.15, 0.2) is 0 Å². The molecule has 2 N–H and O–H groups in total. The van der Waals surface area contributed by atoms with Gasteiger partial charge in [0.25, 0.3) is 0 Å². The lowest BCUT2D eigenvalue weighted by atomic mass is 10.0. The molecule has 5 rings (SSSR count). The number of hydrogen-bond acceptors (Lipinski definition) is 4. The Morgan fingerprint density at radius 2 is 1.06 bits per heavy atom. The van der Waals surface area contributed by atoms with Crippen LogP contribution < -0.4 is 10.6 Å². The topological polar surface area (TPSA) is 49.8 Å². The molecule has 4 nitrogen and oxygen atoms in total. The largest absolute Gasteiger partial charge is 0.340 e. The van der Waals surface area contributed by atoms with E-state index in [2.05, 4.69) is 114 Å². The standard InChI is InChI=1S/C30H26N4/c1-21-13-15-25(23-9-5-3-6-10-23)19-27(21)32-29-17-18-31-30(34-29)33-28-20-26(16-14-22(28)2)24-11-7-4-8-12-24/h3-20H,1-2H3,(H2,31,32,33,34). The second-order valence-corrected chi connectivity index (χ2v) is 8.31. The Bertz CT molecular complexity index is 1310. The fourth-order valence-electron chi connectivity index (χ4n) is 3.88. The van der Waals surface area contributed by atoms with E-state index in [1.165, 1.54) is 11.1 Å². The van der Waals surface area contributed by atoms with Crippen LogP contribution in [-0.4, -0.2) is 9.97 Å². The van der Waals surface area contributed by atoms with E-state index in [9.17, 15) is 0 Å². The van der Waals surface area contributed by atoms with E-state index in [1.54, 1.807) is 6.20 Å². The van der Waals surface area contributed by atoms with Crippen molar-refractivity contribution in [3.8, 4) is 22.3 Å². The van der Waals surface area contributed by atoms with E-state index in [0.29, 0.717) is 5.95 Å². The van der Waals surface area contributed by atoms with E-state index >= 15 is 0 Å². The number of benzene rings is 4. The molecule has 1 aromatic heterocycles. The highest BCUT2D eigenvalue weighted by atomic mass is 15.1. The van der Waals surface area contributed by atoms with Crippen LogP contribution in [0.25, 0.3) is 22.3 Å². The molecule has 0 amide bonds. The average molecular weight is 443 g/mol. The van der Waals surface area contributed by atoms with E-state index in [1.807, 2.05) is 18.2 Å². The monoisotopic (exact) mass is 442 g/mol. The summed E-state index contributed by atoms with van der Waals surface area (Å²) in [4.78, 5) is 9.16. The van der Waals surface area contributed by atoms with Crippen LogP contribution >= 0.6 is 0 Å². The van der Waals surface area contributed by atoms with Gasteiger partial charge in [-0.15, -0.1) is 0 Å². The number of anilines is 4. The predicted octanol–water partition coefficient (Wildman–Crippen LogP) is 7.91. The van der Waals surface area contributed by atoms with Crippen LogP contribution in [0.3, 0.4) is 0 Å². The predicted molar refractivity (Wildman–Crippen MR) is 142 cm³/mol. The van der Waals surface area contributed by atoms with E-state index in [4.69, 9.17) is 4.98 Å². The molecule has 4 heteroatoms. The summed E-state index contributed by atoms with van der Waals surface area (Å²) in [6.07, 6.45) is 1.77. The normalized spacial score (nSPS) is 10.6. The number of aryl methyl sites for hydroxylation is 2. The molecule has 0 atom stereocenters. The molecule has 0 bridgehead atoms. The Hall–Kier alpha value is -4.44. The molecular weight excluding hydrogens is 416 g/mol. The highest BCUT2D eigenvalue weighted by Crippen LogP contribution is 2.29. The molecule has 4 aromatic carbocycles. The second-order valence-electron chi connectivity index (χ2n) is 8.31. The maximum atomic E-state index is 4.72. The number of nitrogens with one attached hydrogen (secondary N) is 2. The summed E-state index contributed by atoms with van der Waals surface area (Å²) in [5.41, 5.74) is 8.96.